The maximum Gasteiger partial charge on any atom is 0.231 e. The average molecular weight is 419 g/mol. The van der Waals surface area contributed by atoms with Crippen LogP contribution in [0.1, 0.15) is 16.7 Å². The van der Waals surface area contributed by atoms with E-state index in [0.29, 0.717) is 13.3 Å². The van der Waals surface area contributed by atoms with Crippen molar-refractivity contribution < 1.29 is 9.47 Å². The van der Waals surface area contributed by atoms with E-state index in [9.17, 15) is 0 Å². The minimum Gasteiger partial charge on any atom is -0.454 e. The van der Waals surface area contributed by atoms with Crippen molar-refractivity contribution >= 4 is 11.8 Å². The first-order valence-electron chi connectivity index (χ1n) is 10.6. The monoisotopic (exact) mass is 418 g/mol. The summed E-state index contributed by atoms with van der Waals surface area (Å²) in [7, 11) is 0. The summed E-state index contributed by atoms with van der Waals surface area (Å²) < 4.78 is 10.9. The third-order valence-corrected chi connectivity index (χ3v) is 5.64. The minimum atomic E-state index is 0.313. The minimum absolute atomic E-state index is 0.313. The molecule has 1 N–H and O–H groups in total. The molecular weight excluding hydrogens is 392 g/mol. The molecular formula is C23H26N6O2. The number of aryl methyl sites for hydroxylation is 1. The van der Waals surface area contributed by atoms with Gasteiger partial charge in [-0.1, -0.05) is 12.1 Å². The summed E-state index contributed by atoms with van der Waals surface area (Å²) in [5.74, 6) is 3.33. The Hall–Kier alpha value is -3.39. The molecule has 1 fully saturated rings. The zero-order valence-corrected chi connectivity index (χ0v) is 17.6. The molecule has 31 heavy (non-hydrogen) atoms. The lowest BCUT2D eigenvalue weighted by Crippen LogP contribution is -2.46. The van der Waals surface area contributed by atoms with Gasteiger partial charge < -0.3 is 19.7 Å². The summed E-state index contributed by atoms with van der Waals surface area (Å²) >= 11 is 0. The van der Waals surface area contributed by atoms with Crippen LogP contribution >= 0.6 is 0 Å². The number of hydrogen-bond donors (Lipinski definition) is 1. The molecule has 0 saturated carbocycles. The Bertz CT molecular complexity index is 1040. The summed E-state index contributed by atoms with van der Waals surface area (Å²) in [5, 5.41) is 3.42. The quantitative estimate of drug-likeness (QED) is 0.655. The Balaban J connectivity index is 1.18. The molecule has 0 spiro atoms. The van der Waals surface area contributed by atoms with Crippen LogP contribution in [0.4, 0.5) is 11.8 Å². The summed E-state index contributed by atoms with van der Waals surface area (Å²) in [6, 6.07) is 10.2. The molecule has 4 heterocycles. The van der Waals surface area contributed by atoms with Crippen molar-refractivity contribution in [3.05, 3.63) is 65.6 Å². The van der Waals surface area contributed by atoms with E-state index in [-0.39, 0.29) is 0 Å². The third-order valence-electron chi connectivity index (χ3n) is 5.64. The topological polar surface area (TPSA) is 75.6 Å². The van der Waals surface area contributed by atoms with Crippen molar-refractivity contribution in [1.82, 2.24) is 19.9 Å². The van der Waals surface area contributed by atoms with Gasteiger partial charge in [-0.05, 0) is 36.2 Å². The lowest BCUT2D eigenvalue weighted by atomic mass is 10.1. The second kappa shape index (κ2) is 8.77. The highest BCUT2D eigenvalue weighted by atomic mass is 16.7. The first-order valence-corrected chi connectivity index (χ1v) is 10.6. The molecule has 0 aliphatic carbocycles. The van der Waals surface area contributed by atoms with E-state index in [4.69, 9.17) is 14.5 Å². The molecule has 3 aromatic rings. The molecule has 0 radical (unpaired) electrons. The largest absolute Gasteiger partial charge is 0.454 e. The molecule has 0 bridgehead atoms. The van der Waals surface area contributed by atoms with Gasteiger partial charge in [0.2, 0.25) is 12.7 Å². The molecule has 0 atom stereocenters. The molecule has 0 amide bonds. The standard InChI is InChI=1S/C23H26N6O2/c1-17-12-26-23(27-22(17)25-14-19-3-2-6-24-13-19)29-9-7-28(8-10-29)15-18-4-5-20-21(11-18)31-16-30-20/h2-6,11-13H,7-10,14-16H2,1H3,(H,25,26,27). The van der Waals surface area contributed by atoms with Crippen LogP contribution in [0, 0.1) is 6.92 Å². The normalized spacial score (nSPS) is 15.8. The fraction of sp³-hybridized carbons (Fsp3) is 0.348. The molecule has 1 saturated heterocycles. The first kappa shape index (κ1) is 19.6. The molecule has 2 aliphatic rings. The van der Waals surface area contributed by atoms with Crippen LogP contribution in [0.15, 0.2) is 48.9 Å². The predicted octanol–water partition coefficient (Wildman–Crippen LogP) is 2.84. The Morgan fingerprint density at radius 3 is 2.71 bits per heavy atom. The van der Waals surface area contributed by atoms with Gasteiger partial charge in [-0.25, -0.2) is 4.98 Å². The number of piperazine rings is 1. The van der Waals surface area contributed by atoms with Crippen molar-refractivity contribution in [2.75, 3.05) is 43.2 Å². The fourth-order valence-corrected chi connectivity index (χ4v) is 3.86. The van der Waals surface area contributed by atoms with Crippen LogP contribution < -0.4 is 19.7 Å². The van der Waals surface area contributed by atoms with E-state index >= 15 is 0 Å². The first-order chi connectivity index (χ1) is 15.2. The van der Waals surface area contributed by atoms with Crippen LogP contribution in [0.3, 0.4) is 0 Å². The van der Waals surface area contributed by atoms with Gasteiger partial charge in [0.05, 0.1) is 0 Å². The van der Waals surface area contributed by atoms with E-state index in [1.54, 1.807) is 6.20 Å². The van der Waals surface area contributed by atoms with E-state index in [2.05, 4.69) is 43.3 Å². The molecule has 1 aromatic carbocycles. The summed E-state index contributed by atoms with van der Waals surface area (Å²) in [5.41, 5.74) is 3.40. The molecule has 5 rings (SSSR count). The SMILES string of the molecule is Cc1cnc(N2CCN(Cc3ccc4c(c3)OCO4)CC2)nc1NCc1cccnc1. The predicted molar refractivity (Wildman–Crippen MR) is 118 cm³/mol. The number of aromatic nitrogens is 3. The Morgan fingerprint density at radius 1 is 1.00 bits per heavy atom. The highest BCUT2D eigenvalue weighted by Crippen LogP contribution is 2.33. The lowest BCUT2D eigenvalue weighted by Gasteiger charge is -2.35. The summed E-state index contributed by atoms with van der Waals surface area (Å²) in [6.07, 6.45) is 5.54. The third kappa shape index (κ3) is 4.54. The van der Waals surface area contributed by atoms with Crippen molar-refractivity contribution in [3.8, 4) is 11.5 Å². The number of ether oxygens (including phenoxy) is 2. The second-order valence-corrected chi connectivity index (χ2v) is 7.87. The van der Waals surface area contributed by atoms with Gasteiger partial charge in [0, 0.05) is 63.4 Å². The molecule has 0 unspecified atom stereocenters. The van der Waals surface area contributed by atoms with Gasteiger partial charge in [-0.3, -0.25) is 9.88 Å². The molecule has 2 aliphatic heterocycles. The number of anilines is 2. The number of hydrogen-bond acceptors (Lipinski definition) is 8. The van der Waals surface area contributed by atoms with E-state index < -0.39 is 0 Å². The molecule has 8 nitrogen and oxygen atoms in total. The van der Waals surface area contributed by atoms with E-state index in [0.717, 1.165) is 67.1 Å². The van der Waals surface area contributed by atoms with Gasteiger partial charge in [0.15, 0.2) is 11.5 Å². The second-order valence-electron chi connectivity index (χ2n) is 7.87. The van der Waals surface area contributed by atoms with Gasteiger partial charge >= 0.3 is 0 Å². The number of pyridine rings is 1. The Morgan fingerprint density at radius 2 is 1.87 bits per heavy atom. The Kier molecular flexibility index (Phi) is 5.54. The maximum absolute atomic E-state index is 5.50. The van der Waals surface area contributed by atoms with Crippen molar-refractivity contribution in [1.29, 1.82) is 0 Å². The molecule has 160 valence electrons. The summed E-state index contributed by atoms with van der Waals surface area (Å²) in [6.45, 7) is 7.65. The highest BCUT2D eigenvalue weighted by molar-refractivity contribution is 5.48. The zero-order chi connectivity index (χ0) is 21.0. The van der Waals surface area contributed by atoms with Gasteiger partial charge in [-0.15, -0.1) is 0 Å². The van der Waals surface area contributed by atoms with Crippen LogP contribution in [-0.2, 0) is 13.1 Å². The average Bonchev–Trinajstić information content (AvgIpc) is 3.28. The van der Waals surface area contributed by atoms with Gasteiger partial charge in [0.1, 0.15) is 5.82 Å². The molecule has 2 aromatic heterocycles. The number of nitrogens with zero attached hydrogens (tertiary/aromatic N) is 5. The van der Waals surface area contributed by atoms with Gasteiger partial charge in [0.25, 0.3) is 0 Å². The van der Waals surface area contributed by atoms with Crippen LogP contribution in [0.5, 0.6) is 11.5 Å². The van der Waals surface area contributed by atoms with Crippen molar-refractivity contribution in [2.24, 2.45) is 0 Å². The number of rotatable bonds is 6. The van der Waals surface area contributed by atoms with Crippen LogP contribution in [0.25, 0.3) is 0 Å². The fourth-order valence-electron chi connectivity index (χ4n) is 3.86. The number of fused-ring (bicyclic) bond motifs is 1. The van der Waals surface area contributed by atoms with Crippen molar-refractivity contribution in [3.63, 3.8) is 0 Å². The van der Waals surface area contributed by atoms with Gasteiger partial charge in [-0.2, -0.15) is 4.98 Å². The molecule has 8 heteroatoms. The van der Waals surface area contributed by atoms with E-state index in [1.165, 1.54) is 5.56 Å². The van der Waals surface area contributed by atoms with E-state index in [1.807, 2.05) is 31.5 Å². The lowest BCUT2D eigenvalue weighted by molar-refractivity contribution is 0.174. The number of benzene rings is 1. The zero-order valence-electron chi connectivity index (χ0n) is 17.6. The highest BCUT2D eigenvalue weighted by Gasteiger charge is 2.21. The maximum atomic E-state index is 5.50. The van der Waals surface area contributed by atoms with Crippen molar-refractivity contribution in [2.45, 2.75) is 20.0 Å². The van der Waals surface area contributed by atoms with Crippen LogP contribution in [-0.4, -0.2) is 52.8 Å². The number of nitrogens with one attached hydrogen (secondary N) is 1. The smallest absolute Gasteiger partial charge is 0.231 e. The van der Waals surface area contributed by atoms with Crippen LogP contribution in [0.2, 0.25) is 0 Å². The summed E-state index contributed by atoms with van der Waals surface area (Å²) in [4.78, 5) is 18.2. The Labute approximate surface area is 181 Å².